The molecule has 0 spiro atoms. The van der Waals surface area contributed by atoms with Crippen LogP contribution in [-0.2, 0) is 6.42 Å². The summed E-state index contributed by atoms with van der Waals surface area (Å²) in [6, 6.07) is 0. The summed E-state index contributed by atoms with van der Waals surface area (Å²) in [5, 5.41) is 50.9. The molecule has 0 aliphatic rings. The van der Waals surface area contributed by atoms with Gasteiger partial charge in [0.2, 0.25) is 0 Å². The van der Waals surface area contributed by atoms with E-state index in [1.807, 2.05) is 0 Å². The number of benzene rings is 1. The first-order valence-electron chi connectivity index (χ1n) is 8.03. The van der Waals surface area contributed by atoms with Gasteiger partial charge in [0.05, 0.1) is 11.7 Å². The maximum atomic E-state index is 12.4. The molecule has 7 heteroatoms. The molecule has 0 radical (unpaired) electrons. The van der Waals surface area contributed by atoms with Crippen LogP contribution in [0.15, 0.2) is 0 Å². The molecule has 0 fully saturated rings. The summed E-state index contributed by atoms with van der Waals surface area (Å²) in [6.07, 6.45) is -1.79. The second kappa shape index (κ2) is 7.41. The number of carbonyl (C=O) groups excluding carboxylic acids is 2. The van der Waals surface area contributed by atoms with Gasteiger partial charge >= 0.3 is 0 Å². The number of rotatable bonds is 7. The van der Waals surface area contributed by atoms with Gasteiger partial charge in [-0.2, -0.15) is 0 Å². The van der Waals surface area contributed by atoms with Gasteiger partial charge in [0.25, 0.3) is 0 Å². The summed E-state index contributed by atoms with van der Waals surface area (Å²) in [5.74, 6) is -3.55. The number of hydrogen-bond donors (Lipinski definition) is 5. The molecule has 5 N–H and O–H groups in total. The Morgan fingerprint density at radius 3 is 1.88 bits per heavy atom. The fourth-order valence-electron chi connectivity index (χ4n) is 2.47. The Morgan fingerprint density at radius 2 is 1.48 bits per heavy atom. The van der Waals surface area contributed by atoms with Crippen LogP contribution in [0.25, 0.3) is 0 Å². The minimum Gasteiger partial charge on any atom is -0.507 e. The number of Topliss-reactive ketones (excluding diaryl/α,β-unsaturated/α-hetero) is 2. The Kier molecular flexibility index (Phi) is 6.20. The highest BCUT2D eigenvalue weighted by molar-refractivity contribution is 6.08. The van der Waals surface area contributed by atoms with Crippen molar-refractivity contribution >= 4 is 11.6 Å². The highest BCUT2D eigenvalue weighted by Crippen LogP contribution is 2.44. The van der Waals surface area contributed by atoms with Crippen LogP contribution >= 0.6 is 0 Å². The number of carbonyl (C=O) groups is 2. The second-order valence-corrected chi connectivity index (χ2v) is 7.23. The second-order valence-electron chi connectivity index (χ2n) is 7.23. The van der Waals surface area contributed by atoms with Crippen LogP contribution in [0, 0.1) is 5.92 Å². The van der Waals surface area contributed by atoms with E-state index >= 15 is 0 Å². The molecular weight excluding hydrogens is 328 g/mol. The number of aliphatic hydroxyl groups excluding tert-OH is 1. The Hall–Kier alpha value is -2.12. The van der Waals surface area contributed by atoms with Gasteiger partial charge in [0, 0.05) is 18.4 Å². The van der Waals surface area contributed by atoms with Crippen LogP contribution < -0.4 is 0 Å². The van der Waals surface area contributed by atoms with Crippen LogP contribution in [0.4, 0.5) is 0 Å². The number of aromatic hydroxyl groups is 3. The number of ketones is 2. The third-order valence-corrected chi connectivity index (χ3v) is 3.96. The standard InChI is InChI=1S/C18H26O7/c1-8(2)6-11(20)14-16(23)10(7-12(21)18(4,5)25)15(22)13(9(3)19)17(14)24/h8,12,21-25H,6-7H2,1-5H3. The first-order valence-corrected chi connectivity index (χ1v) is 8.03. The SMILES string of the molecule is CC(=O)c1c(O)c(CC(O)C(C)(C)O)c(O)c(C(=O)CC(C)C)c1O. The van der Waals surface area contributed by atoms with Crippen molar-refractivity contribution in [3.05, 3.63) is 16.7 Å². The van der Waals surface area contributed by atoms with E-state index in [1.165, 1.54) is 13.8 Å². The monoisotopic (exact) mass is 354 g/mol. The highest BCUT2D eigenvalue weighted by Gasteiger charge is 2.33. The molecule has 1 aromatic carbocycles. The van der Waals surface area contributed by atoms with Crippen LogP contribution in [0.1, 0.15) is 67.3 Å². The molecule has 0 saturated carbocycles. The zero-order chi connectivity index (χ0) is 19.7. The topological polar surface area (TPSA) is 135 Å². The molecule has 0 heterocycles. The van der Waals surface area contributed by atoms with E-state index in [0.29, 0.717) is 0 Å². The van der Waals surface area contributed by atoms with Gasteiger partial charge < -0.3 is 25.5 Å². The zero-order valence-corrected chi connectivity index (χ0v) is 15.1. The fraction of sp³-hybridized carbons (Fsp3) is 0.556. The molecule has 0 aliphatic heterocycles. The first-order chi connectivity index (χ1) is 11.3. The molecule has 0 saturated heterocycles. The average Bonchev–Trinajstić information content (AvgIpc) is 2.40. The lowest BCUT2D eigenvalue weighted by Crippen LogP contribution is -2.37. The van der Waals surface area contributed by atoms with Crippen molar-refractivity contribution in [2.75, 3.05) is 0 Å². The Bertz CT molecular complexity index is 684. The van der Waals surface area contributed by atoms with Crippen molar-refractivity contribution in [3.63, 3.8) is 0 Å². The van der Waals surface area contributed by atoms with Crippen molar-refractivity contribution in [2.24, 2.45) is 5.92 Å². The minimum absolute atomic E-state index is 0.0106. The lowest BCUT2D eigenvalue weighted by molar-refractivity contribution is -0.0473. The van der Waals surface area contributed by atoms with Crippen molar-refractivity contribution in [1.29, 1.82) is 0 Å². The third kappa shape index (κ3) is 4.49. The maximum absolute atomic E-state index is 12.4. The van der Waals surface area contributed by atoms with Gasteiger partial charge in [0.15, 0.2) is 11.6 Å². The minimum atomic E-state index is -1.55. The molecule has 140 valence electrons. The van der Waals surface area contributed by atoms with Crippen LogP contribution in [0.5, 0.6) is 17.2 Å². The summed E-state index contributed by atoms with van der Waals surface area (Å²) in [5.41, 5.74) is -2.78. The molecule has 0 aliphatic carbocycles. The van der Waals surface area contributed by atoms with Gasteiger partial charge in [-0.15, -0.1) is 0 Å². The van der Waals surface area contributed by atoms with E-state index < -0.39 is 58.1 Å². The van der Waals surface area contributed by atoms with Crippen LogP contribution in [0.3, 0.4) is 0 Å². The normalized spacial score (nSPS) is 13.1. The number of aliphatic hydroxyl groups is 2. The van der Waals surface area contributed by atoms with Crippen molar-refractivity contribution in [2.45, 2.75) is 59.2 Å². The molecule has 1 aromatic rings. The molecule has 0 aromatic heterocycles. The maximum Gasteiger partial charge on any atom is 0.170 e. The van der Waals surface area contributed by atoms with Gasteiger partial charge in [-0.05, 0) is 26.7 Å². The van der Waals surface area contributed by atoms with Crippen molar-refractivity contribution < 1.29 is 35.1 Å². The van der Waals surface area contributed by atoms with Crippen LogP contribution in [-0.4, -0.2) is 48.8 Å². The quantitative estimate of drug-likeness (QED) is 0.472. The zero-order valence-electron chi connectivity index (χ0n) is 15.1. The molecule has 0 bridgehead atoms. The molecule has 1 unspecified atom stereocenters. The Morgan fingerprint density at radius 1 is 1.00 bits per heavy atom. The molecular formula is C18H26O7. The van der Waals surface area contributed by atoms with E-state index in [0.717, 1.165) is 6.92 Å². The number of phenolic OH excluding ortho intramolecular Hbond substituents is 3. The first kappa shape index (κ1) is 20.9. The smallest absolute Gasteiger partial charge is 0.170 e. The van der Waals surface area contributed by atoms with Crippen LogP contribution in [0.2, 0.25) is 0 Å². The fourth-order valence-corrected chi connectivity index (χ4v) is 2.47. The van der Waals surface area contributed by atoms with E-state index in [2.05, 4.69) is 0 Å². The molecule has 0 amide bonds. The van der Waals surface area contributed by atoms with E-state index in [9.17, 15) is 35.1 Å². The third-order valence-electron chi connectivity index (χ3n) is 3.96. The predicted octanol–water partition coefficient (Wildman–Crippen LogP) is 1.91. The average molecular weight is 354 g/mol. The molecule has 1 atom stereocenters. The number of hydrogen-bond acceptors (Lipinski definition) is 7. The van der Waals surface area contributed by atoms with E-state index in [1.54, 1.807) is 13.8 Å². The summed E-state index contributed by atoms with van der Waals surface area (Å²) in [4.78, 5) is 24.2. The van der Waals surface area contributed by atoms with Gasteiger partial charge in [-0.25, -0.2) is 0 Å². The molecule has 1 rings (SSSR count). The Balaban J connectivity index is 3.64. The summed E-state index contributed by atoms with van der Waals surface area (Å²) in [6.45, 7) is 7.32. The Labute approximate surface area is 146 Å². The van der Waals surface area contributed by atoms with E-state index in [-0.39, 0.29) is 17.9 Å². The van der Waals surface area contributed by atoms with Crippen molar-refractivity contribution in [1.82, 2.24) is 0 Å². The van der Waals surface area contributed by atoms with E-state index in [4.69, 9.17) is 0 Å². The molecule has 7 nitrogen and oxygen atoms in total. The lowest BCUT2D eigenvalue weighted by Gasteiger charge is -2.26. The largest absolute Gasteiger partial charge is 0.507 e. The molecule has 25 heavy (non-hydrogen) atoms. The van der Waals surface area contributed by atoms with Gasteiger partial charge in [-0.3, -0.25) is 9.59 Å². The number of phenols is 3. The predicted molar refractivity (Wildman–Crippen MR) is 91.2 cm³/mol. The van der Waals surface area contributed by atoms with Crippen molar-refractivity contribution in [3.8, 4) is 17.2 Å². The lowest BCUT2D eigenvalue weighted by atomic mass is 9.88. The summed E-state index contributed by atoms with van der Waals surface area (Å²) >= 11 is 0. The summed E-state index contributed by atoms with van der Waals surface area (Å²) < 4.78 is 0. The van der Waals surface area contributed by atoms with Gasteiger partial charge in [-0.1, -0.05) is 13.8 Å². The highest BCUT2D eigenvalue weighted by atomic mass is 16.3. The van der Waals surface area contributed by atoms with Gasteiger partial charge in [0.1, 0.15) is 28.4 Å². The summed E-state index contributed by atoms with van der Waals surface area (Å²) in [7, 11) is 0.